The highest BCUT2D eigenvalue weighted by molar-refractivity contribution is 7.96. The van der Waals surface area contributed by atoms with Gasteiger partial charge in [-0.1, -0.05) is 121 Å². The number of nitrogens with one attached hydrogen (secondary N) is 2. The maximum Gasteiger partial charge on any atom is 0.298 e. The molecule has 2 aliphatic heterocycles. The van der Waals surface area contributed by atoms with Crippen molar-refractivity contribution in [1.29, 1.82) is 0 Å². The number of H-pyrrole nitrogens is 2. The first kappa shape index (κ1) is 35.0. The third kappa shape index (κ3) is 6.26. The van der Waals surface area contributed by atoms with Gasteiger partial charge in [-0.05, 0) is 58.7 Å². The third-order valence-corrected chi connectivity index (χ3v) is 11.5. The minimum atomic E-state index is -5.26. The molecule has 9 rings (SSSR count). The summed E-state index contributed by atoms with van der Waals surface area (Å²) in [5, 5.41) is 0. The fourth-order valence-corrected chi connectivity index (χ4v) is 9.12. The normalized spacial score (nSPS) is 13.0. The molecule has 10 nitrogen and oxygen atoms in total. The Morgan fingerprint density at radius 1 is 0.464 bits per heavy atom. The molecule has 5 heterocycles. The summed E-state index contributed by atoms with van der Waals surface area (Å²) in [6.07, 6.45) is 3.69. The number of benzene rings is 4. The van der Waals surface area contributed by atoms with Crippen LogP contribution in [-0.4, -0.2) is 45.9 Å². The Bertz CT molecular complexity index is 3160. The van der Waals surface area contributed by atoms with Crippen LogP contribution >= 0.6 is 0 Å². The minimum Gasteiger partial charge on any atom is -0.354 e. The molecule has 8 bridgehead atoms. The molecule has 0 fully saturated rings. The Kier molecular flexibility index (Phi) is 8.48. The van der Waals surface area contributed by atoms with Crippen LogP contribution in [0.3, 0.4) is 0 Å². The van der Waals surface area contributed by atoms with Gasteiger partial charge in [-0.25, -0.2) is 9.97 Å². The number of hydrogen-bond acceptors (Lipinski definition) is 6. The van der Waals surface area contributed by atoms with E-state index in [-0.39, 0.29) is 16.8 Å². The van der Waals surface area contributed by atoms with Crippen LogP contribution in [0.4, 0.5) is 0 Å². The fourth-order valence-electron chi connectivity index (χ4n) is 7.40. The molecular formula is C44H30N4O6S2. The predicted molar refractivity (Wildman–Crippen MR) is 220 cm³/mol. The van der Waals surface area contributed by atoms with Crippen molar-refractivity contribution in [2.75, 3.05) is 0 Å². The molecule has 0 amide bonds. The highest BCUT2D eigenvalue weighted by Crippen LogP contribution is 2.48. The molecule has 0 atom stereocenters. The number of nitrogens with zero attached hydrogens (tertiary/aromatic N) is 2. The number of hydrogen-bond donors (Lipinski definition) is 4. The second-order valence-electron chi connectivity index (χ2n) is 13.2. The van der Waals surface area contributed by atoms with E-state index in [4.69, 9.17) is 9.97 Å². The zero-order valence-electron chi connectivity index (χ0n) is 29.2. The lowest BCUT2D eigenvalue weighted by molar-refractivity contribution is 0.483. The van der Waals surface area contributed by atoms with Gasteiger partial charge in [0.05, 0.1) is 28.1 Å². The van der Waals surface area contributed by atoms with E-state index in [1.54, 1.807) is 42.5 Å². The van der Waals surface area contributed by atoms with Gasteiger partial charge in [0.15, 0.2) is 0 Å². The summed E-state index contributed by atoms with van der Waals surface area (Å²) in [6.45, 7) is 0. The molecule has 4 N–H and O–H groups in total. The lowest BCUT2D eigenvalue weighted by Crippen LogP contribution is -2.08. The number of aromatic nitrogens is 4. The van der Waals surface area contributed by atoms with Crippen molar-refractivity contribution in [2.24, 2.45) is 0 Å². The second-order valence-corrected chi connectivity index (χ2v) is 15.9. The maximum absolute atomic E-state index is 13.8. The topological polar surface area (TPSA) is 166 Å². The Hall–Kier alpha value is -6.70. The molecule has 0 saturated carbocycles. The monoisotopic (exact) mass is 774 g/mol. The van der Waals surface area contributed by atoms with E-state index >= 15 is 0 Å². The molecular weight excluding hydrogens is 745 g/mol. The van der Waals surface area contributed by atoms with Gasteiger partial charge in [-0.15, -0.1) is 0 Å². The first-order valence-corrected chi connectivity index (χ1v) is 20.3. The third-order valence-electron chi connectivity index (χ3n) is 9.63. The quantitative estimate of drug-likeness (QED) is 0.121. The van der Waals surface area contributed by atoms with Crippen LogP contribution in [0.1, 0.15) is 28.3 Å². The van der Waals surface area contributed by atoms with Crippen LogP contribution < -0.4 is 0 Å². The van der Waals surface area contributed by atoms with Crippen LogP contribution in [0.25, 0.3) is 78.1 Å². The van der Waals surface area contributed by atoms with E-state index in [1.165, 1.54) is 6.07 Å². The molecule has 3 aromatic heterocycles. The van der Waals surface area contributed by atoms with Gasteiger partial charge >= 0.3 is 0 Å². The first-order valence-electron chi connectivity index (χ1n) is 17.5. The van der Waals surface area contributed by atoms with Crippen molar-refractivity contribution in [1.82, 2.24) is 19.9 Å². The van der Waals surface area contributed by atoms with Crippen molar-refractivity contribution in [3.05, 3.63) is 174 Å². The molecule has 0 spiro atoms. The lowest BCUT2D eigenvalue weighted by Gasteiger charge is -2.13. The largest absolute Gasteiger partial charge is 0.354 e. The van der Waals surface area contributed by atoms with Crippen molar-refractivity contribution >= 4 is 64.9 Å². The highest BCUT2D eigenvalue weighted by atomic mass is 32.2. The molecule has 0 aliphatic carbocycles. The molecule has 12 heteroatoms. The predicted octanol–water partition coefficient (Wildman–Crippen LogP) is 9.54. The van der Waals surface area contributed by atoms with E-state index in [0.29, 0.717) is 44.6 Å². The SMILES string of the molecule is O=S(=O)(O)C1=C(c2ccccc2)c2nc1c(S(=O)(=O)O)c1ccc(cc3nc(cc4[nH]c(c2-c2ccccc2)c(-c2ccccc2)c4-c2ccccc2)C=C3)[nH]1. The molecule has 0 unspecified atom stereocenters. The van der Waals surface area contributed by atoms with Gasteiger partial charge in [0.25, 0.3) is 20.2 Å². The van der Waals surface area contributed by atoms with Crippen LogP contribution in [0.5, 0.6) is 0 Å². The van der Waals surface area contributed by atoms with Gasteiger partial charge in [-0.2, -0.15) is 16.8 Å². The van der Waals surface area contributed by atoms with Crippen LogP contribution in [-0.2, 0) is 20.2 Å². The Morgan fingerprint density at radius 2 is 0.982 bits per heavy atom. The van der Waals surface area contributed by atoms with E-state index in [2.05, 4.69) is 9.97 Å². The van der Waals surface area contributed by atoms with Gasteiger partial charge in [0.1, 0.15) is 15.5 Å². The summed E-state index contributed by atoms with van der Waals surface area (Å²) >= 11 is 0. The Balaban J connectivity index is 1.65. The Labute approximate surface area is 321 Å². The second kappa shape index (κ2) is 13.6. The summed E-state index contributed by atoms with van der Waals surface area (Å²) in [7, 11) is -10.5. The standard InChI is InChI=1S/C44H30N4O6S2/c49-55(50,51)43-34-24-23-32(46-34)25-31-21-22-33(45-31)26-35-36(27-13-5-1-6-14-27)37(28-15-7-2-8-16-28)40(47-35)38(29-17-9-3-10-18-29)41-39(30-19-11-4-12-20-30)44(42(43)48-41)56(52,53)54/h1-26,46-47H,(H,49,50,51)(H,52,53,54). The van der Waals surface area contributed by atoms with Gasteiger partial charge in [-0.3, -0.25) is 9.11 Å². The maximum atomic E-state index is 13.8. The first-order chi connectivity index (χ1) is 27.0. The zero-order valence-corrected chi connectivity index (χ0v) is 30.9. The number of aromatic amines is 2. The summed E-state index contributed by atoms with van der Waals surface area (Å²) in [5.41, 5.74) is 6.56. The van der Waals surface area contributed by atoms with Crippen LogP contribution in [0.2, 0.25) is 0 Å². The van der Waals surface area contributed by atoms with Gasteiger partial charge < -0.3 is 9.97 Å². The van der Waals surface area contributed by atoms with E-state index in [0.717, 1.165) is 22.3 Å². The van der Waals surface area contributed by atoms with Crippen LogP contribution in [0, 0.1) is 0 Å². The Morgan fingerprint density at radius 3 is 1.54 bits per heavy atom. The molecule has 0 saturated heterocycles. The average Bonchev–Trinajstić information content (AvgIpc) is 3.99. The molecule has 4 aromatic carbocycles. The average molecular weight is 775 g/mol. The van der Waals surface area contributed by atoms with E-state index in [9.17, 15) is 25.9 Å². The minimum absolute atomic E-state index is 0.0370. The van der Waals surface area contributed by atoms with Crippen molar-refractivity contribution in [3.63, 3.8) is 0 Å². The molecule has 274 valence electrons. The molecule has 0 radical (unpaired) electrons. The number of fused-ring (bicyclic) bond motifs is 8. The van der Waals surface area contributed by atoms with Gasteiger partial charge in [0, 0.05) is 33.3 Å². The highest BCUT2D eigenvalue weighted by Gasteiger charge is 2.38. The number of rotatable bonds is 6. The summed E-state index contributed by atoms with van der Waals surface area (Å²) in [4.78, 5) is 14.8. The van der Waals surface area contributed by atoms with Crippen molar-refractivity contribution in [2.45, 2.75) is 4.90 Å². The zero-order chi connectivity index (χ0) is 38.6. The lowest BCUT2D eigenvalue weighted by atomic mass is 9.91. The summed E-state index contributed by atoms with van der Waals surface area (Å²) in [5.74, 6) is 0. The summed E-state index contributed by atoms with van der Waals surface area (Å²) < 4.78 is 76.6. The molecule has 56 heavy (non-hydrogen) atoms. The molecule has 7 aromatic rings. The smallest absolute Gasteiger partial charge is 0.298 e. The summed E-state index contributed by atoms with van der Waals surface area (Å²) in [6, 6.07) is 43.8. The van der Waals surface area contributed by atoms with Crippen LogP contribution in [0.15, 0.2) is 150 Å². The van der Waals surface area contributed by atoms with Crippen molar-refractivity contribution < 1.29 is 25.9 Å². The van der Waals surface area contributed by atoms with Crippen molar-refractivity contribution in [3.8, 4) is 33.4 Å². The van der Waals surface area contributed by atoms with E-state index in [1.807, 2.05) is 109 Å². The van der Waals surface area contributed by atoms with Gasteiger partial charge in [0.2, 0.25) is 0 Å². The fraction of sp³-hybridized carbons (Fsp3) is 0. The molecule has 2 aliphatic rings. The van der Waals surface area contributed by atoms with E-state index < -0.39 is 35.7 Å².